The van der Waals surface area contributed by atoms with Crippen LogP contribution in [-0.2, 0) is 23.7 Å². The van der Waals surface area contributed by atoms with Crippen LogP contribution in [0.25, 0.3) is 0 Å². The minimum absolute atomic E-state index is 0.208. The molecular formula is C86H155NO13. The average molecular weight is 1410 g/mol. The van der Waals surface area contributed by atoms with Crippen molar-refractivity contribution in [3.63, 3.8) is 0 Å². The molecule has 2 saturated heterocycles. The predicted molar refractivity (Wildman–Crippen MR) is 415 cm³/mol. The van der Waals surface area contributed by atoms with Crippen LogP contribution in [0.1, 0.15) is 361 Å². The van der Waals surface area contributed by atoms with E-state index in [0.717, 1.165) is 103 Å². The summed E-state index contributed by atoms with van der Waals surface area (Å²) in [5.74, 6) is -0.208. The highest BCUT2D eigenvalue weighted by Crippen LogP contribution is 2.30. The molecule has 100 heavy (non-hydrogen) atoms. The van der Waals surface area contributed by atoms with E-state index in [-0.39, 0.29) is 12.5 Å². The number of allylic oxidation sites excluding steroid dienone is 14. The second-order valence-corrected chi connectivity index (χ2v) is 29.2. The molecule has 582 valence electrons. The fourth-order valence-corrected chi connectivity index (χ4v) is 13.6. The van der Waals surface area contributed by atoms with Gasteiger partial charge in [0, 0.05) is 6.42 Å². The van der Waals surface area contributed by atoms with Gasteiger partial charge >= 0.3 is 0 Å². The van der Waals surface area contributed by atoms with Crippen LogP contribution in [0.2, 0.25) is 0 Å². The summed E-state index contributed by atoms with van der Waals surface area (Å²) in [6, 6.07) is -0.838. The van der Waals surface area contributed by atoms with Gasteiger partial charge in [0.05, 0.1) is 32.0 Å². The number of unbranched alkanes of at least 4 members (excludes halogenated alkanes) is 43. The third-order valence-electron chi connectivity index (χ3n) is 20.1. The molecule has 12 atom stereocenters. The van der Waals surface area contributed by atoms with Crippen molar-refractivity contribution in [3.8, 4) is 0 Å². The van der Waals surface area contributed by atoms with Gasteiger partial charge in [0.1, 0.15) is 48.8 Å². The van der Waals surface area contributed by atoms with Crippen molar-refractivity contribution >= 4 is 5.91 Å². The molecule has 12 unspecified atom stereocenters. The fourth-order valence-electron chi connectivity index (χ4n) is 13.6. The van der Waals surface area contributed by atoms with Crippen LogP contribution in [0.5, 0.6) is 0 Å². The monoisotopic (exact) mass is 1410 g/mol. The van der Waals surface area contributed by atoms with Gasteiger partial charge in [-0.05, 0) is 70.6 Å². The van der Waals surface area contributed by atoms with Crippen molar-refractivity contribution in [2.45, 2.75) is 434 Å². The first-order valence-corrected chi connectivity index (χ1v) is 41.8. The summed E-state index contributed by atoms with van der Waals surface area (Å²) in [6.45, 7) is 2.80. The highest BCUT2D eigenvalue weighted by molar-refractivity contribution is 5.76. The van der Waals surface area contributed by atoms with E-state index < -0.39 is 86.8 Å². The average Bonchev–Trinajstić information content (AvgIpc) is 0.791. The maximum absolute atomic E-state index is 13.4. The van der Waals surface area contributed by atoms with Gasteiger partial charge in [-0.25, -0.2) is 0 Å². The minimum atomic E-state index is -1.79. The second kappa shape index (κ2) is 69.2. The van der Waals surface area contributed by atoms with Gasteiger partial charge in [-0.3, -0.25) is 4.79 Å². The Kier molecular flexibility index (Phi) is 64.6. The van der Waals surface area contributed by atoms with Crippen molar-refractivity contribution < 1.29 is 64.6 Å². The Bertz CT molecular complexity index is 2010. The third-order valence-corrected chi connectivity index (χ3v) is 20.1. The molecule has 1 amide bonds. The largest absolute Gasteiger partial charge is 0.394 e. The predicted octanol–water partition coefficient (Wildman–Crippen LogP) is 19.5. The van der Waals surface area contributed by atoms with Crippen LogP contribution in [0, 0.1) is 0 Å². The topological polar surface area (TPSA) is 228 Å². The molecule has 0 aromatic heterocycles. The Morgan fingerprint density at radius 1 is 0.370 bits per heavy atom. The van der Waals surface area contributed by atoms with Crippen molar-refractivity contribution in [1.82, 2.24) is 5.32 Å². The van der Waals surface area contributed by atoms with Gasteiger partial charge in [0.25, 0.3) is 0 Å². The Labute approximate surface area is 611 Å². The van der Waals surface area contributed by atoms with Gasteiger partial charge in [0.2, 0.25) is 5.91 Å². The molecule has 0 aromatic carbocycles. The summed E-state index contributed by atoms with van der Waals surface area (Å²) in [7, 11) is 0. The van der Waals surface area contributed by atoms with Crippen LogP contribution >= 0.6 is 0 Å². The van der Waals surface area contributed by atoms with Gasteiger partial charge in [0.15, 0.2) is 12.6 Å². The minimum Gasteiger partial charge on any atom is -0.394 e. The van der Waals surface area contributed by atoms with E-state index in [1.165, 1.54) is 231 Å². The summed E-state index contributed by atoms with van der Waals surface area (Å²) in [5, 5.41) is 88.0. The Morgan fingerprint density at radius 2 is 0.690 bits per heavy atom. The zero-order valence-electron chi connectivity index (χ0n) is 63.9. The lowest BCUT2D eigenvalue weighted by Gasteiger charge is -2.46. The number of aliphatic hydroxyl groups excluding tert-OH is 8. The summed E-state index contributed by atoms with van der Waals surface area (Å²) in [6.07, 6.45) is 80.5. The number of amides is 1. The molecule has 9 N–H and O–H groups in total. The molecule has 2 aliphatic heterocycles. The zero-order chi connectivity index (χ0) is 72.2. The molecule has 0 spiro atoms. The number of hydrogen-bond acceptors (Lipinski definition) is 13. The standard InChI is InChI=1S/C86H155NO13/c1-3-5-7-9-11-13-15-17-19-21-23-25-27-29-31-33-35-37-39-41-43-45-47-49-51-53-55-57-59-61-63-65-67-69-75(90)74(73-97-85-83(96)81(94)84(77(72-89)99-85)100-86-82(95)80(93)79(92)76(71-88)98-86)87-78(91)70-68-66-64-62-60-58-56-54-52-50-48-46-44-42-40-38-36-34-32-30-28-26-24-22-20-18-16-14-12-10-8-6-4-2/h6,8,12,14,18,20,24,26,30,32,36,38,42,44,74-77,79-86,88-90,92-96H,3-5,7,9-11,13,15-17,19,21-23,25,27-29,31,33-35,37,39-41,43,45-73H2,1-2H3,(H,87,91)/b8-6-,14-12-,20-18-,26-24-,32-30-,38-36-,44-42-. The first-order valence-electron chi connectivity index (χ1n) is 41.8. The first kappa shape index (κ1) is 93.3. The third kappa shape index (κ3) is 51.4. The Hall–Kier alpha value is -2.83. The van der Waals surface area contributed by atoms with Crippen LogP contribution in [0.3, 0.4) is 0 Å². The molecule has 14 heteroatoms. The van der Waals surface area contributed by atoms with E-state index >= 15 is 0 Å². The van der Waals surface area contributed by atoms with E-state index in [9.17, 15) is 45.6 Å². The number of rotatable bonds is 70. The number of hydrogen-bond donors (Lipinski definition) is 9. The number of carbonyl (C=O) groups is 1. The van der Waals surface area contributed by atoms with Gasteiger partial charge in [-0.1, -0.05) is 369 Å². The molecule has 2 heterocycles. The normalized spacial score (nSPS) is 22.3. The van der Waals surface area contributed by atoms with Crippen LogP contribution in [-0.4, -0.2) is 140 Å². The molecule has 0 bridgehead atoms. The molecule has 0 radical (unpaired) electrons. The Morgan fingerprint density at radius 3 is 1.06 bits per heavy atom. The highest BCUT2D eigenvalue weighted by atomic mass is 16.7. The first-order chi connectivity index (χ1) is 49.1. The number of aliphatic hydroxyl groups is 8. The number of nitrogens with one attached hydrogen (secondary N) is 1. The second-order valence-electron chi connectivity index (χ2n) is 29.2. The van der Waals surface area contributed by atoms with Gasteiger partial charge < -0.3 is 65.1 Å². The SMILES string of the molecule is CC/C=C\C/C=C\C/C=C\C/C=C\C/C=C\C/C=C\C/C=C\CCCCCCCCCCCCCC(=O)NC(COC1OC(CO)C(OC2OC(CO)C(O)C(O)C2O)C(O)C1O)C(O)CCCCCCCCCCCCCCCCCCCCCCCCCCCCCCCCCCC. The lowest BCUT2D eigenvalue weighted by Crippen LogP contribution is -2.65. The Balaban J connectivity index is 1.60. The molecular weight excluding hydrogens is 1250 g/mol. The van der Waals surface area contributed by atoms with Crippen molar-refractivity contribution in [2.24, 2.45) is 0 Å². The molecule has 0 aliphatic carbocycles. The van der Waals surface area contributed by atoms with Crippen molar-refractivity contribution in [3.05, 3.63) is 85.1 Å². The fraction of sp³-hybridized carbons (Fsp3) is 0.826. The number of carbonyl (C=O) groups excluding carboxylic acids is 1. The maximum Gasteiger partial charge on any atom is 0.220 e. The van der Waals surface area contributed by atoms with Gasteiger partial charge in [-0.2, -0.15) is 0 Å². The summed E-state index contributed by atoms with van der Waals surface area (Å²) in [4.78, 5) is 13.4. The van der Waals surface area contributed by atoms with E-state index in [1.54, 1.807) is 0 Å². The van der Waals surface area contributed by atoms with Crippen molar-refractivity contribution in [2.75, 3.05) is 19.8 Å². The van der Waals surface area contributed by atoms with Crippen LogP contribution in [0.15, 0.2) is 85.1 Å². The molecule has 0 aromatic rings. The van der Waals surface area contributed by atoms with Crippen LogP contribution in [0.4, 0.5) is 0 Å². The molecule has 14 nitrogen and oxygen atoms in total. The van der Waals surface area contributed by atoms with E-state index in [4.69, 9.17) is 18.9 Å². The number of ether oxygens (including phenoxy) is 4. The lowest BCUT2D eigenvalue weighted by atomic mass is 9.97. The van der Waals surface area contributed by atoms with E-state index in [1.807, 2.05) is 0 Å². The maximum atomic E-state index is 13.4. The molecule has 2 aliphatic rings. The molecule has 0 saturated carbocycles. The van der Waals surface area contributed by atoms with Gasteiger partial charge in [-0.15, -0.1) is 0 Å². The highest BCUT2D eigenvalue weighted by Gasteiger charge is 2.51. The zero-order valence-corrected chi connectivity index (χ0v) is 63.9. The molecule has 2 rings (SSSR count). The summed E-state index contributed by atoms with van der Waals surface area (Å²) >= 11 is 0. The molecule has 2 fully saturated rings. The van der Waals surface area contributed by atoms with E-state index in [2.05, 4.69) is 104 Å². The lowest BCUT2D eigenvalue weighted by molar-refractivity contribution is -0.359. The van der Waals surface area contributed by atoms with E-state index in [0.29, 0.717) is 12.8 Å². The summed E-state index contributed by atoms with van der Waals surface area (Å²) in [5.41, 5.74) is 0. The van der Waals surface area contributed by atoms with Crippen molar-refractivity contribution in [1.29, 1.82) is 0 Å². The smallest absolute Gasteiger partial charge is 0.220 e. The van der Waals surface area contributed by atoms with Crippen LogP contribution < -0.4 is 5.32 Å². The summed E-state index contributed by atoms with van der Waals surface area (Å²) < 4.78 is 23.0. The quantitative estimate of drug-likeness (QED) is 0.0204.